The van der Waals surface area contributed by atoms with Crippen molar-refractivity contribution in [2.45, 2.75) is 45.2 Å². The lowest BCUT2D eigenvalue weighted by atomic mass is 9.87. The maximum absolute atomic E-state index is 12.2. The van der Waals surface area contributed by atoms with Crippen molar-refractivity contribution in [2.75, 3.05) is 6.54 Å². The first kappa shape index (κ1) is 17.7. The lowest BCUT2D eigenvalue weighted by molar-refractivity contribution is 0.167. The second-order valence-electron chi connectivity index (χ2n) is 7.01. The van der Waals surface area contributed by atoms with Gasteiger partial charge in [-0.15, -0.1) is 0 Å². The van der Waals surface area contributed by atoms with Crippen LogP contribution in [-0.2, 0) is 33.5 Å². The SMILES string of the molecule is CCCN(Cc1cc(=O)n(C)c(=O)n1C)C1CCc2ccccc2C1. The number of hydrogen-bond donors (Lipinski definition) is 0. The molecule has 134 valence electrons. The average Bonchev–Trinajstić information content (AvgIpc) is 2.63. The van der Waals surface area contributed by atoms with E-state index in [1.807, 2.05) is 0 Å². The summed E-state index contributed by atoms with van der Waals surface area (Å²) in [5, 5.41) is 0. The molecule has 1 aromatic carbocycles. The highest BCUT2D eigenvalue weighted by molar-refractivity contribution is 5.30. The molecule has 1 aromatic heterocycles. The summed E-state index contributed by atoms with van der Waals surface area (Å²) >= 11 is 0. The molecule has 1 unspecified atom stereocenters. The summed E-state index contributed by atoms with van der Waals surface area (Å²) in [6.45, 7) is 3.78. The second-order valence-corrected chi connectivity index (χ2v) is 7.01. The predicted molar refractivity (Wildman–Crippen MR) is 99.9 cm³/mol. The molecular formula is C20H27N3O2. The zero-order valence-electron chi connectivity index (χ0n) is 15.4. The molecule has 2 aromatic rings. The molecule has 5 nitrogen and oxygen atoms in total. The normalized spacial score (nSPS) is 16.9. The summed E-state index contributed by atoms with van der Waals surface area (Å²) in [6.07, 6.45) is 4.30. The van der Waals surface area contributed by atoms with Crippen LogP contribution in [0.25, 0.3) is 0 Å². The highest BCUT2D eigenvalue weighted by Gasteiger charge is 2.24. The van der Waals surface area contributed by atoms with Gasteiger partial charge >= 0.3 is 5.69 Å². The molecule has 0 spiro atoms. The molecular weight excluding hydrogens is 314 g/mol. The van der Waals surface area contributed by atoms with E-state index in [1.165, 1.54) is 18.2 Å². The van der Waals surface area contributed by atoms with E-state index in [-0.39, 0.29) is 11.2 Å². The minimum absolute atomic E-state index is 0.233. The van der Waals surface area contributed by atoms with Crippen LogP contribution in [0, 0.1) is 0 Å². The van der Waals surface area contributed by atoms with Crippen LogP contribution < -0.4 is 11.2 Å². The van der Waals surface area contributed by atoms with E-state index in [0.29, 0.717) is 12.6 Å². The Balaban J connectivity index is 1.86. The first-order valence-corrected chi connectivity index (χ1v) is 9.08. The molecule has 0 amide bonds. The lowest BCUT2D eigenvalue weighted by Gasteiger charge is -2.35. The van der Waals surface area contributed by atoms with E-state index in [4.69, 9.17) is 0 Å². The molecule has 0 saturated heterocycles. The molecule has 0 N–H and O–H groups in total. The molecule has 0 fully saturated rings. The first-order chi connectivity index (χ1) is 12.0. The van der Waals surface area contributed by atoms with Gasteiger partial charge in [-0.05, 0) is 43.4 Å². The van der Waals surface area contributed by atoms with Crippen molar-refractivity contribution in [1.29, 1.82) is 0 Å². The highest BCUT2D eigenvalue weighted by Crippen LogP contribution is 2.25. The molecule has 25 heavy (non-hydrogen) atoms. The summed E-state index contributed by atoms with van der Waals surface area (Å²) in [5.74, 6) is 0. The van der Waals surface area contributed by atoms with Crippen LogP contribution in [0.5, 0.6) is 0 Å². The maximum atomic E-state index is 12.2. The Labute approximate surface area is 148 Å². The lowest BCUT2D eigenvalue weighted by Crippen LogP contribution is -2.43. The Morgan fingerprint density at radius 1 is 1.12 bits per heavy atom. The van der Waals surface area contributed by atoms with Crippen molar-refractivity contribution in [1.82, 2.24) is 14.0 Å². The number of fused-ring (bicyclic) bond motifs is 1. The van der Waals surface area contributed by atoms with Crippen molar-refractivity contribution in [3.63, 3.8) is 0 Å². The van der Waals surface area contributed by atoms with Gasteiger partial charge in [0.15, 0.2) is 0 Å². The third-order valence-electron chi connectivity index (χ3n) is 5.34. The fraction of sp³-hybridized carbons (Fsp3) is 0.500. The molecule has 1 aliphatic carbocycles. The number of benzene rings is 1. The van der Waals surface area contributed by atoms with Crippen molar-refractivity contribution in [3.05, 3.63) is 68.0 Å². The zero-order valence-corrected chi connectivity index (χ0v) is 15.4. The van der Waals surface area contributed by atoms with Gasteiger partial charge < -0.3 is 0 Å². The predicted octanol–water partition coefficient (Wildman–Crippen LogP) is 1.85. The summed E-state index contributed by atoms with van der Waals surface area (Å²) in [4.78, 5) is 26.7. The molecule has 0 radical (unpaired) electrons. The molecule has 0 saturated carbocycles. The van der Waals surface area contributed by atoms with Crippen LogP contribution in [0.15, 0.2) is 39.9 Å². The van der Waals surface area contributed by atoms with Crippen LogP contribution in [0.2, 0.25) is 0 Å². The maximum Gasteiger partial charge on any atom is 0.330 e. The van der Waals surface area contributed by atoms with Crippen molar-refractivity contribution in [2.24, 2.45) is 14.1 Å². The second kappa shape index (κ2) is 7.40. The van der Waals surface area contributed by atoms with Crippen LogP contribution in [-0.4, -0.2) is 26.6 Å². The van der Waals surface area contributed by atoms with Crippen LogP contribution >= 0.6 is 0 Å². The monoisotopic (exact) mass is 341 g/mol. The van der Waals surface area contributed by atoms with E-state index in [1.54, 1.807) is 17.7 Å². The molecule has 1 aliphatic rings. The molecule has 0 bridgehead atoms. The van der Waals surface area contributed by atoms with Gasteiger partial charge in [0.05, 0.1) is 0 Å². The topological polar surface area (TPSA) is 47.2 Å². The number of hydrogen-bond acceptors (Lipinski definition) is 3. The summed E-state index contributed by atoms with van der Waals surface area (Å²) < 4.78 is 2.76. The Bertz CT molecular complexity index is 866. The smallest absolute Gasteiger partial charge is 0.299 e. The highest BCUT2D eigenvalue weighted by atomic mass is 16.2. The Kier molecular flexibility index (Phi) is 5.23. The summed E-state index contributed by atoms with van der Waals surface area (Å²) in [6, 6.07) is 10.7. The minimum atomic E-state index is -0.257. The third kappa shape index (κ3) is 3.61. The number of aromatic nitrogens is 2. The molecule has 1 heterocycles. The average molecular weight is 341 g/mol. The van der Waals surface area contributed by atoms with Gasteiger partial charge in [0, 0.05) is 38.4 Å². The van der Waals surface area contributed by atoms with Gasteiger partial charge in [0.1, 0.15) is 0 Å². The van der Waals surface area contributed by atoms with E-state index in [2.05, 4.69) is 36.1 Å². The van der Waals surface area contributed by atoms with Gasteiger partial charge in [0.25, 0.3) is 5.56 Å². The quantitative estimate of drug-likeness (QED) is 0.834. The molecule has 0 aliphatic heterocycles. The van der Waals surface area contributed by atoms with Gasteiger partial charge in [0.2, 0.25) is 0 Å². The zero-order chi connectivity index (χ0) is 18.0. The van der Waals surface area contributed by atoms with Crippen LogP contribution in [0.4, 0.5) is 0 Å². The van der Waals surface area contributed by atoms with Crippen molar-refractivity contribution >= 4 is 0 Å². The standard InChI is InChI=1S/C20H27N3O2/c1-4-11-23(14-18-13-19(24)22(3)20(25)21(18)2)17-10-9-15-7-5-6-8-16(15)12-17/h5-8,13,17H,4,9-12,14H2,1-3H3. The van der Waals surface area contributed by atoms with E-state index < -0.39 is 0 Å². The Morgan fingerprint density at radius 3 is 2.56 bits per heavy atom. The first-order valence-electron chi connectivity index (χ1n) is 9.08. The number of rotatable bonds is 5. The minimum Gasteiger partial charge on any atom is -0.299 e. The van der Waals surface area contributed by atoms with E-state index >= 15 is 0 Å². The van der Waals surface area contributed by atoms with E-state index in [0.717, 1.165) is 42.5 Å². The van der Waals surface area contributed by atoms with Gasteiger partial charge in [-0.1, -0.05) is 31.2 Å². The third-order valence-corrected chi connectivity index (χ3v) is 5.34. The summed E-state index contributed by atoms with van der Waals surface area (Å²) in [7, 11) is 3.27. The van der Waals surface area contributed by atoms with Crippen LogP contribution in [0.3, 0.4) is 0 Å². The van der Waals surface area contributed by atoms with Crippen LogP contribution in [0.1, 0.15) is 36.6 Å². The Hall–Kier alpha value is -2.14. The van der Waals surface area contributed by atoms with E-state index in [9.17, 15) is 9.59 Å². The Morgan fingerprint density at radius 2 is 1.84 bits per heavy atom. The molecule has 3 rings (SSSR count). The fourth-order valence-electron chi connectivity index (χ4n) is 3.81. The largest absolute Gasteiger partial charge is 0.330 e. The van der Waals surface area contributed by atoms with Crippen molar-refractivity contribution in [3.8, 4) is 0 Å². The van der Waals surface area contributed by atoms with Gasteiger partial charge in [-0.3, -0.25) is 18.8 Å². The van der Waals surface area contributed by atoms with Gasteiger partial charge in [-0.2, -0.15) is 0 Å². The van der Waals surface area contributed by atoms with Gasteiger partial charge in [-0.25, -0.2) is 4.79 Å². The fourth-order valence-corrected chi connectivity index (χ4v) is 3.81. The molecule has 5 heteroatoms. The summed E-state index contributed by atoms with van der Waals surface area (Å²) in [5.41, 5.74) is 3.19. The number of aryl methyl sites for hydroxylation is 1. The number of nitrogens with zero attached hydrogens (tertiary/aromatic N) is 3. The molecule has 1 atom stereocenters. The van der Waals surface area contributed by atoms with Crippen molar-refractivity contribution < 1.29 is 0 Å².